The molecule has 1 fully saturated rings. The number of nitrogens with one attached hydrogen (secondary N) is 2. The summed E-state index contributed by atoms with van der Waals surface area (Å²) in [4.78, 5) is 4.70. The Morgan fingerprint density at radius 3 is 2.74 bits per heavy atom. The molecule has 2 atom stereocenters. The van der Waals surface area contributed by atoms with Gasteiger partial charge in [-0.1, -0.05) is 35.9 Å². The first-order chi connectivity index (χ1) is 15.1. The van der Waals surface area contributed by atoms with Crippen LogP contribution >= 0.6 is 0 Å². The quantitative estimate of drug-likeness (QED) is 0.481. The minimum Gasteiger partial charge on any atom is -0.380 e. The third kappa shape index (κ3) is 6.77. The number of methoxy groups -OCH3 is 1. The lowest BCUT2D eigenvalue weighted by atomic mass is 9.89. The Hall–Kier alpha value is -2.44. The van der Waals surface area contributed by atoms with Crippen molar-refractivity contribution in [2.75, 3.05) is 26.8 Å². The van der Waals surface area contributed by atoms with Crippen molar-refractivity contribution in [3.05, 3.63) is 70.5 Å². The second-order valence-electron chi connectivity index (χ2n) is 8.04. The third-order valence-corrected chi connectivity index (χ3v) is 5.56. The van der Waals surface area contributed by atoms with E-state index in [0.29, 0.717) is 18.0 Å². The Kier molecular flexibility index (Phi) is 8.85. The highest BCUT2D eigenvalue weighted by Gasteiger charge is 2.27. The summed E-state index contributed by atoms with van der Waals surface area (Å²) in [6, 6.07) is 13.7. The van der Waals surface area contributed by atoms with E-state index in [9.17, 15) is 4.39 Å². The van der Waals surface area contributed by atoms with Crippen LogP contribution in [0.5, 0.6) is 0 Å². The molecule has 0 radical (unpaired) electrons. The molecule has 1 aliphatic rings. The smallest absolute Gasteiger partial charge is 0.191 e. The molecule has 1 aliphatic heterocycles. The number of benzene rings is 2. The molecule has 3 rings (SSSR count). The zero-order chi connectivity index (χ0) is 22.1. The lowest BCUT2D eigenvalue weighted by molar-refractivity contribution is -0.0265. The molecule has 0 saturated carbocycles. The minimum absolute atomic E-state index is 0.0958. The Morgan fingerprint density at radius 2 is 2.00 bits per heavy atom. The van der Waals surface area contributed by atoms with Crippen LogP contribution in [0.4, 0.5) is 4.39 Å². The maximum atomic E-state index is 13.8. The zero-order valence-corrected chi connectivity index (χ0v) is 18.8. The lowest BCUT2D eigenvalue weighted by Crippen LogP contribution is -2.42. The molecule has 0 spiro atoms. The van der Waals surface area contributed by atoms with Gasteiger partial charge in [-0.05, 0) is 49.9 Å². The summed E-state index contributed by atoms with van der Waals surface area (Å²) in [5.41, 5.74) is 3.99. The molecule has 31 heavy (non-hydrogen) atoms. The van der Waals surface area contributed by atoms with Gasteiger partial charge in [-0.15, -0.1) is 0 Å². The maximum Gasteiger partial charge on any atom is 0.191 e. The highest BCUT2D eigenvalue weighted by Crippen LogP contribution is 2.33. The van der Waals surface area contributed by atoms with E-state index in [-0.39, 0.29) is 18.5 Å². The van der Waals surface area contributed by atoms with Crippen molar-refractivity contribution in [2.45, 2.75) is 45.9 Å². The number of rotatable bonds is 8. The molecule has 2 N–H and O–H groups in total. The van der Waals surface area contributed by atoms with Gasteiger partial charge in [0.15, 0.2) is 5.96 Å². The first kappa shape index (κ1) is 23.2. The van der Waals surface area contributed by atoms with Crippen LogP contribution in [0.3, 0.4) is 0 Å². The van der Waals surface area contributed by atoms with E-state index in [4.69, 9.17) is 14.5 Å². The third-order valence-electron chi connectivity index (χ3n) is 5.56. The van der Waals surface area contributed by atoms with E-state index < -0.39 is 0 Å². The van der Waals surface area contributed by atoms with Crippen LogP contribution in [0.2, 0.25) is 0 Å². The number of hydrogen-bond acceptors (Lipinski definition) is 3. The van der Waals surface area contributed by atoms with Gasteiger partial charge in [0, 0.05) is 38.3 Å². The van der Waals surface area contributed by atoms with Crippen molar-refractivity contribution in [3.8, 4) is 0 Å². The van der Waals surface area contributed by atoms with Crippen LogP contribution in [0.15, 0.2) is 47.5 Å². The second-order valence-corrected chi connectivity index (χ2v) is 8.04. The Labute approximate surface area is 185 Å². The van der Waals surface area contributed by atoms with Crippen LogP contribution in [-0.4, -0.2) is 32.8 Å². The number of aliphatic imine (C=N–C) groups is 1. The van der Waals surface area contributed by atoms with Crippen molar-refractivity contribution in [2.24, 2.45) is 10.9 Å². The second kappa shape index (κ2) is 11.8. The molecular formula is C25H34FN3O2. The molecule has 0 aromatic heterocycles. The van der Waals surface area contributed by atoms with Gasteiger partial charge in [-0.2, -0.15) is 0 Å². The van der Waals surface area contributed by atoms with Gasteiger partial charge in [0.25, 0.3) is 0 Å². The molecule has 5 nitrogen and oxygen atoms in total. The Morgan fingerprint density at radius 1 is 1.19 bits per heavy atom. The molecule has 6 heteroatoms. The molecule has 2 unspecified atom stereocenters. The summed E-state index contributed by atoms with van der Waals surface area (Å²) in [6.45, 7) is 7.22. The standard InChI is InChI=1S/C25H34FN3O2/c1-4-27-25(28-15-19-9-12-23(26)22(14-19)17-30-3)29-16-21-6-5-13-31-24(21)20-10-7-18(2)8-11-20/h7-12,14,21,24H,4-6,13,15-17H2,1-3H3,(H2,27,28,29). The zero-order valence-electron chi connectivity index (χ0n) is 18.8. The number of ether oxygens (including phenoxy) is 2. The fraction of sp³-hybridized carbons (Fsp3) is 0.480. The van der Waals surface area contributed by atoms with Gasteiger partial charge in [0.2, 0.25) is 0 Å². The number of hydrogen-bond donors (Lipinski definition) is 2. The monoisotopic (exact) mass is 427 g/mol. The highest BCUT2D eigenvalue weighted by molar-refractivity contribution is 5.79. The summed E-state index contributed by atoms with van der Waals surface area (Å²) >= 11 is 0. The van der Waals surface area contributed by atoms with Gasteiger partial charge in [-0.3, -0.25) is 0 Å². The van der Waals surface area contributed by atoms with Gasteiger partial charge >= 0.3 is 0 Å². The van der Waals surface area contributed by atoms with Crippen LogP contribution in [0.25, 0.3) is 0 Å². The topological polar surface area (TPSA) is 54.9 Å². The summed E-state index contributed by atoms with van der Waals surface area (Å²) in [6.07, 6.45) is 2.28. The molecule has 0 aliphatic carbocycles. The van der Waals surface area contributed by atoms with E-state index in [1.54, 1.807) is 13.2 Å². The Balaban J connectivity index is 1.64. The largest absolute Gasteiger partial charge is 0.380 e. The van der Waals surface area contributed by atoms with Crippen molar-refractivity contribution in [1.82, 2.24) is 10.6 Å². The van der Waals surface area contributed by atoms with Crippen LogP contribution in [0, 0.1) is 18.7 Å². The molecular weight excluding hydrogens is 393 g/mol. The molecule has 0 amide bonds. The van der Waals surface area contributed by atoms with E-state index in [1.165, 1.54) is 17.2 Å². The average molecular weight is 428 g/mol. The molecule has 168 valence electrons. The van der Waals surface area contributed by atoms with E-state index in [1.807, 2.05) is 13.0 Å². The van der Waals surface area contributed by atoms with E-state index in [0.717, 1.165) is 44.1 Å². The minimum atomic E-state index is -0.251. The summed E-state index contributed by atoms with van der Waals surface area (Å²) in [5, 5.41) is 6.79. The fourth-order valence-electron chi connectivity index (χ4n) is 3.91. The Bertz CT molecular complexity index is 854. The van der Waals surface area contributed by atoms with Gasteiger partial charge in [0.05, 0.1) is 19.3 Å². The number of halogens is 1. The first-order valence-electron chi connectivity index (χ1n) is 11.1. The molecule has 2 aromatic carbocycles. The lowest BCUT2D eigenvalue weighted by Gasteiger charge is -2.32. The summed E-state index contributed by atoms with van der Waals surface area (Å²) in [7, 11) is 1.57. The highest BCUT2D eigenvalue weighted by atomic mass is 19.1. The van der Waals surface area contributed by atoms with Gasteiger partial charge in [-0.25, -0.2) is 9.38 Å². The van der Waals surface area contributed by atoms with Crippen molar-refractivity contribution >= 4 is 5.96 Å². The van der Waals surface area contributed by atoms with E-state index in [2.05, 4.69) is 41.8 Å². The predicted molar refractivity (Wildman–Crippen MR) is 123 cm³/mol. The number of guanidine groups is 1. The van der Waals surface area contributed by atoms with Crippen LogP contribution < -0.4 is 10.6 Å². The number of aryl methyl sites for hydroxylation is 1. The first-order valence-corrected chi connectivity index (χ1v) is 11.1. The van der Waals surface area contributed by atoms with Crippen LogP contribution in [0.1, 0.15) is 48.1 Å². The molecule has 1 heterocycles. The van der Waals surface area contributed by atoms with Crippen molar-refractivity contribution in [1.29, 1.82) is 0 Å². The van der Waals surface area contributed by atoms with Crippen molar-refractivity contribution in [3.63, 3.8) is 0 Å². The SMILES string of the molecule is CCNC(=NCc1ccc(F)c(COC)c1)NCC1CCCOC1c1ccc(C)cc1. The summed E-state index contributed by atoms with van der Waals surface area (Å²) in [5.74, 6) is 0.881. The summed E-state index contributed by atoms with van der Waals surface area (Å²) < 4.78 is 25.1. The molecule has 0 bridgehead atoms. The van der Waals surface area contributed by atoms with Gasteiger partial charge in [0.1, 0.15) is 5.82 Å². The van der Waals surface area contributed by atoms with E-state index >= 15 is 0 Å². The average Bonchev–Trinajstić information content (AvgIpc) is 2.78. The number of nitrogens with zero attached hydrogens (tertiary/aromatic N) is 1. The van der Waals surface area contributed by atoms with Gasteiger partial charge < -0.3 is 20.1 Å². The predicted octanol–water partition coefficient (Wildman–Crippen LogP) is 4.50. The normalized spacial score (nSPS) is 19.3. The molecule has 2 aromatic rings. The van der Waals surface area contributed by atoms with Crippen LogP contribution in [-0.2, 0) is 22.6 Å². The maximum absolute atomic E-state index is 13.8. The molecule has 1 saturated heterocycles. The van der Waals surface area contributed by atoms with Crippen molar-refractivity contribution < 1.29 is 13.9 Å². The fourth-order valence-corrected chi connectivity index (χ4v) is 3.91.